The van der Waals surface area contributed by atoms with Crippen LogP contribution in [0, 0.1) is 11.3 Å². The molecule has 2 nitrogen and oxygen atoms in total. The number of piperidine rings is 1. The van der Waals surface area contributed by atoms with E-state index >= 15 is 0 Å². The molecular formula is C15H27NO. The van der Waals surface area contributed by atoms with Crippen LogP contribution in [0.3, 0.4) is 0 Å². The van der Waals surface area contributed by atoms with Gasteiger partial charge < -0.3 is 9.64 Å². The fourth-order valence-electron chi connectivity index (χ4n) is 3.23. The summed E-state index contributed by atoms with van der Waals surface area (Å²) >= 11 is 0. The molecule has 2 aliphatic heterocycles. The highest BCUT2D eigenvalue weighted by molar-refractivity contribution is 4.95. The average molecular weight is 237 g/mol. The molecule has 0 radical (unpaired) electrons. The van der Waals surface area contributed by atoms with Crippen molar-refractivity contribution in [2.45, 2.75) is 45.6 Å². The Balaban J connectivity index is 1.83. The highest BCUT2D eigenvalue weighted by Gasteiger charge is 2.32. The maximum Gasteiger partial charge on any atom is 0.0480 e. The normalized spacial score (nSPS) is 26.0. The van der Waals surface area contributed by atoms with Crippen LogP contribution in [-0.4, -0.2) is 37.2 Å². The second kappa shape index (κ2) is 5.53. The molecule has 0 N–H and O–H groups in total. The molecule has 2 fully saturated rings. The third-order valence-electron chi connectivity index (χ3n) is 4.82. The van der Waals surface area contributed by atoms with Crippen LogP contribution in [0.2, 0.25) is 0 Å². The maximum absolute atomic E-state index is 5.44. The van der Waals surface area contributed by atoms with Crippen molar-refractivity contribution in [3.8, 4) is 0 Å². The van der Waals surface area contributed by atoms with Gasteiger partial charge in [0.15, 0.2) is 0 Å². The number of hydrogen-bond acceptors (Lipinski definition) is 2. The lowest BCUT2D eigenvalue weighted by atomic mass is 9.73. The Kier molecular flexibility index (Phi) is 4.26. The quantitative estimate of drug-likeness (QED) is 0.699. The molecular weight excluding hydrogens is 210 g/mol. The van der Waals surface area contributed by atoms with E-state index in [-0.39, 0.29) is 0 Å². The number of allylic oxidation sites excluding steroid dienone is 1. The summed E-state index contributed by atoms with van der Waals surface area (Å²) in [7, 11) is 0. The Morgan fingerprint density at radius 2 is 1.71 bits per heavy atom. The second-order valence-corrected chi connectivity index (χ2v) is 6.18. The fourth-order valence-corrected chi connectivity index (χ4v) is 3.23. The minimum absolute atomic E-state index is 0.307. The molecule has 0 saturated carbocycles. The smallest absolute Gasteiger partial charge is 0.0480 e. The summed E-state index contributed by atoms with van der Waals surface area (Å²) < 4.78 is 5.44. The molecule has 0 aliphatic carbocycles. The van der Waals surface area contributed by atoms with Crippen LogP contribution < -0.4 is 0 Å². The van der Waals surface area contributed by atoms with Crippen molar-refractivity contribution < 1.29 is 4.74 Å². The van der Waals surface area contributed by atoms with Gasteiger partial charge in [-0.15, -0.1) is 6.58 Å². The van der Waals surface area contributed by atoms with Gasteiger partial charge in [0.25, 0.3) is 0 Å². The van der Waals surface area contributed by atoms with Crippen molar-refractivity contribution in [3.63, 3.8) is 0 Å². The molecule has 2 aliphatic rings. The molecule has 0 amide bonds. The van der Waals surface area contributed by atoms with Crippen LogP contribution in [0.4, 0.5) is 0 Å². The lowest BCUT2D eigenvalue weighted by Gasteiger charge is -2.43. The first kappa shape index (κ1) is 13.1. The summed E-state index contributed by atoms with van der Waals surface area (Å²) in [5, 5.41) is 0. The monoisotopic (exact) mass is 237 g/mol. The van der Waals surface area contributed by atoms with Crippen molar-refractivity contribution in [2.24, 2.45) is 11.3 Å². The van der Waals surface area contributed by atoms with E-state index in [0.29, 0.717) is 5.41 Å². The molecule has 0 spiro atoms. The first-order valence-corrected chi connectivity index (χ1v) is 7.09. The topological polar surface area (TPSA) is 12.5 Å². The number of likely N-dealkylation sites (tertiary alicyclic amines) is 1. The molecule has 0 bridgehead atoms. The molecule has 0 unspecified atom stereocenters. The first-order chi connectivity index (χ1) is 8.13. The second-order valence-electron chi connectivity index (χ2n) is 6.18. The molecule has 0 aromatic carbocycles. The van der Waals surface area contributed by atoms with Crippen molar-refractivity contribution in [3.05, 3.63) is 12.7 Å². The highest BCUT2D eigenvalue weighted by atomic mass is 16.5. The van der Waals surface area contributed by atoms with E-state index in [1.807, 2.05) is 0 Å². The zero-order valence-corrected chi connectivity index (χ0v) is 11.5. The molecule has 0 atom stereocenters. The summed E-state index contributed by atoms with van der Waals surface area (Å²) in [5.41, 5.74) is 0.307. The van der Waals surface area contributed by atoms with E-state index in [9.17, 15) is 0 Å². The highest BCUT2D eigenvalue weighted by Crippen LogP contribution is 2.36. The van der Waals surface area contributed by atoms with Gasteiger partial charge in [0.1, 0.15) is 0 Å². The summed E-state index contributed by atoms with van der Waals surface area (Å²) in [6, 6.07) is 0.788. The molecule has 0 aromatic rings. The van der Waals surface area contributed by atoms with Gasteiger partial charge in [-0.1, -0.05) is 19.9 Å². The zero-order chi connectivity index (χ0) is 12.3. The zero-order valence-electron chi connectivity index (χ0n) is 11.5. The van der Waals surface area contributed by atoms with Gasteiger partial charge in [-0.2, -0.15) is 0 Å². The predicted octanol–water partition coefficient (Wildman–Crippen LogP) is 3.09. The Bertz CT molecular complexity index is 248. The van der Waals surface area contributed by atoms with E-state index in [0.717, 1.165) is 25.2 Å². The Morgan fingerprint density at radius 1 is 1.12 bits per heavy atom. The number of nitrogens with zero attached hydrogens (tertiary/aromatic N) is 1. The van der Waals surface area contributed by atoms with Crippen LogP contribution >= 0.6 is 0 Å². The Labute approximate surface area is 106 Å². The molecule has 0 aromatic heterocycles. The summed E-state index contributed by atoms with van der Waals surface area (Å²) in [5.74, 6) is 0.816. The van der Waals surface area contributed by atoms with Gasteiger partial charge in [-0.05, 0) is 50.1 Å². The number of rotatable bonds is 3. The van der Waals surface area contributed by atoms with Gasteiger partial charge in [-0.25, -0.2) is 0 Å². The SMILES string of the molecule is C=CC(C)(C)C1CCN(C2CCOCC2)CC1. The molecule has 2 heteroatoms. The summed E-state index contributed by atoms with van der Waals surface area (Å²) in [4.78, 5) is 2.69. The van der Waals surface area contributed by atoms with E-state index in [1.165, 1.54) is 38.8 Å². The van der Waals surface area contributed by atoms with Crippen LogP contribution in [0.1, 0.15) is 39.5 Å². The van der Waals surface area contributed by atoms with Crippen LogP contribution in [0.25, 0.3) is 0 Å². The van der Waals surface area contributed by atoms with Crippen LogP contribution in [0.5, 0.6) is 0 Å². The standard InChI is InChI=1S/C15H27NO/c1-4-15(2,3)13-5-9-16(10-6-13)14-7-11-17-12-8-14/h4,13-14H,1,5-12H2,2-3H3. The van der Waals surface area contributed by atoms with Crippen LogP contribution in [-0.2, 0) is 4.74 Å². The molecule has 2 heterocycles. The van der Waals surface area contributed by atoms with E-state index in [2.05, 4.69) is 31.4 Å². The average Bonchev–Trinajstić information content (AvgIpc) is 2.40. The van der Waals surface area contributed by atoms with Gasteiger partial charge >= 0.3 is 0 Å². The Morgan fingerprint density at radius 3 is 2.24 bits per heavy atom. The van der Waals surface area contributed by atoms with Crippen molar-refractivity contribution in [1.29, 1.82) is 0 Å². The van der Waals surface area contributed by atoms with Gasteiger partial charge in [0.05, 0.1) is 0 Å². The fraction of sp³-hybridized carbons (Fsp3) is 0.867. The molecule has 2 rings (SSSR count). The van der Waals surface area contributed by atoms with Crippen molar-refractivity contribution >= 4 is 0 Å². The van der Waals surface area contributed by atoms with E-state index in [4.69, 9.17) is 4.74 Å². The maximum atomic E-state index is 5.44. The van der Waals surface area contributed by atoms with E-state index in [1.54, 1.807) is 0 Å². The summed E-state index contributed by atoms with van der Waals surface area (Å²) in [6.45, 7) is 13.1. The van der Waals surface area contributed by atoms with Gasteiger partial charge in [-0.3, -0.25) is 0 Å². The molecule has 2 saturated heterocycles. The number of ether oxygens (including phenoxy) is 1. The predicted molar refractivity (Wildman–Crippen MR) is 72.1 cm³/mol. The van der Waals surface area contributed by atoms with Crippen LogP contribution in [0.15, 0.2) is 12.7 Å². The third-order valence-corrected chi connectivity index (χ3v) is 4.82. The van der Waals surface area contributed by atoms with Gasteiger partial charge in [0, 0.05) is 19.3 Å². The van der Waals surface area contributed by atoms with Crippen molar-refractivity contribution in [2.75, 3.05) is 26.3 Å². The first-order valence-electron chi connectivity index (χ1n) is 7.09. The third kappa shape index (κ3) is 3.11. The lowest BCUT2D eigenvalue weighted by Crippen LogP contribution is -2.45. The minimum Gasteiger partial charge on any atom is -0.381 e. The largest absolute Gasteiger partial charge is 0.381 e. The van der Waals surface area contributed by atoms with Crippen molar-refractivity contribution in [1.82, 2.24) is 4.90 Å². The summed E-state index contributed by atoms with van der Waals surface area (Å²) in [6.07, 6.45) is 7.26. The van der Waals surface area contributed by atoms with Gasteiger partial charge in [0.2, 0.25) is 0 Å². The Hall–Kier alpha value is -0.340. The van der Waals surface area contributed by atoms with E-state index < -0.39 is 0 Å². The minimum atomic E-state index is 0.307. The lowest BCUT2D eigenvalue weighted by molar-refractivity contribution is 0.0134. The number of hydrogen-bond donors (Lipinski definition) is 0. The molecule has 17 heavy (non-hydrogen) atoms. The molecule has 98 valence electrons.